The number of aryl methyl sites for hydroxylation is 2. The molecule has 1 aromatic carbocycles. The van der Waals surface area contributed by atoms with Crippen LogP contribution >= 0.6 is 35.5 Å². The van der Waals surface area contributed by atoms with Crippen LogP contribution < -0.4 is 0 Å². The fraction of sp³-hybridized carbons (Fsp3) is 0.440. The molecule has 1 fully saturated rings. The number of nitrogens with zero attached hydrogens (tertiary/aromatic N) is 4. The molecule has 0 bridgehead atoms. The van der Waals surface area contributed by atoms with Crippen molar-refractivity contribution in [1.29, 1.82) is 5.41 Å². The molecule has 3 heterocycles. The summed E-state index contributed by atoms with van der Waals surface area (Å²) in [4.78, 5) is 16.2. The summed E-state index contributed by atoms with van der Waals surface area (Å²) in [6, 6.07) is 4.64. The largest absolute Gasteiger partial charge is 0.350 e. The monoisotopic (exact) mass is 501 g/mol. The molecule has 0 radical (unpaired) electrons. The van der Waals surface area contributed by atoms with E-state index in [1.807, 2.05) is 12.4 Å². The van der Waals surface area contributed by atoms with Crippen LogP contribution in [0, 0.1) is 19.3 Å². The van der Waals surface area contributed by atoms with Gasteiger partial charge < -0.3 is 4.90 Å². The van der Waals surface area contributed by atoms with E-state index < -0.39 is 0 Å². The lowest BCUT2D eigenvalue weighted by Crippen LogP contribution is -2.26. The number of thioether (sulfide) groups is 1. The van der Waals surface area contributed by atoms with E-state index in [2.05, 4.69) is 67.0 Å². The van der Waals surface area contributed by atoms with E-state index >= 15 is 0 Å². The van der Waals surface area contributed by atoms with Gasteiger partial charge in [-0.25, -0.2) is 4.98 Å². The lowest BCUT2D eigenvalue weighted by atomic mass is 9.93. The number of hydrogen-bond acceptors (Lipinski definition) is 6. The number of aromatic nitrogens is 3. The van der Waals surface area contributed by atoms with Gasteiger partial charge in [-0.3, -0.25) is 15.4 Å². The molecule has 1 aliphatic rings. The predicted molar refractivity (Wildman–Crippen MR) is 143 cm³/mol. The van der Waals surface area contributed by atoms with Crippen LogP contribution in [0.3, 0.4) is 0 Å². The molecule has 0 unspecified atom stereocenters. The van der Waals surface area contributed by atoms with Gasteiger partial charge in [-0.2, -0.15) is 0 Å². The summed E-state index contributed by atoms with van der Waals surface area (Å²) in [6.07, 6.45) is 5.52. The van der Waals surface area contributed by atoms with Crippen molar-refractivity contribution in [3.8, 4) is 11.4 Å². The van der Waals surface area contributed by atoms with Crippen LogP contribution in [-0.4, -0.2) is 43.9 Å². The molecular weight excluding hydrogens is 470 g/mol. The zero-order valence-corrected chi connectivity index (χ0v) is 22.4. The quantitative estimate of drug-likeness (QED) is 0.445. The van der Waals surface area contributed by atoms with Crippen LogP contribution in [0.15, 0.2) is 29.9 Å². The smallest absolute Gasteiger partial charge is 0.156 e. The number of amidine groups is 1. The molecule has 0 spiro atoms. The number of hydrogen-bond donors (Lipinski definition) is 1. The fourth-order valence-electron chi connectivity index (χ4n) is 3.83. The highest BCUT2D eigenvalue weighted by molar-refractivity contribution is 8.14. The van der Waals surface area contributed by atoms with E-state index in [-0.39, 0.29) is 17.8 Å². The van der Waals surface area contributed by atoms with Gasteiger partial charge in [0.15, 0.2) is 5.17 Å². The lowest BCUT2D eigenvalue weighted by Gasteiger charge is -2.18. The Bertz CT molecular complexity index is 1120. The summed E-state index contributed by atoms with van der Waals surface area (Å²) in [5.74, 6) is 1.04. The standard InChI is InChI=1S/C25H31N5S2.ClH/c1-16-11-19(17(2)10-18(16)6-7-30-8-9-31-24(30)26)12-23-29-21(15-32-23)20-13-28-22(14-27-20)25(3,4)5;/h10-11,13-15,26H,6-9,12H2,1-5H3;1H. The van der Waals surface area contributed by atoms with Crippen molar-refractivity contribution in [2.45, 2.75) is 52.9 Å². The van der Waals surface area contributed by atoms with Crippen molar-refractivity contribution in [3.63, 3.8) is 0 Å². The molecule has 0 atom stereocenters. The Balaban J connectivity index is 0.00000306. The predicted octanol–water partition coefficient (Wildman–Crippen LogP) is 6.05. The van der Waals surface area contributed by atoms with E-state index in [9.17, 15) is 0 Å². The van der Waals surface area contributed by atoms with E-state index in [0.29, 0.717) is 5.17 Å². The third-order valence-electron chi connectivity index (χ3n) is 5.91. The molecule has 0 saturated carbocycles. The zero-order chi connectivity index (χ0) is 22.9. The maximum Gasteiger partial charge on any atom is 0.156 e. The Morgan fingerprint density at radius 2 is 1.76 bits per heavy atom. The van der Waals surface area contributed by atoms with Crippen molar-refractivity contribution in [2.24, 2.45) is 0 Å². The molecule has 8 heteroatoms. The molecule has 0 amide bonds. The molecule has 1 saturated heterocycles. The Kier molecular flexibility index (Phi) is 8.19. The first-order valence-corrected chi connectivity index (χ1v) is 12.9. The minimum absolute atomic E-state index is 0. The summed E-state index contributed by atoms with van der Waals surface area (Å²) >= 11 is 3.33. The third-order valence-corrected chi connectivity index (χ3v) is 7.68. The second-order valence-electron chi connectivity index (χ2n) is 9.44. The summed E-state index contributed by atoms with van der Waals surface area (Å²) in [5.41, 5.74) is 8.05. The second kappa shape index (κ2) is 10.5. The lowest BCUT2D eigenvalue weighted by molar-refractivity contribution is 0.463. The van der Waals surface area contributed by atoms with E-state index in [0.717, 1.165) is 53.8 Å². The van der Waals surface area contributed by atoms with Gasteiger partial charge in [-0.05, 0) is 42.5 Å². The van der Waals surface area contributed by atoms with Crippen LogP contribution in [0.4, 0.5) is 0 Å². The molecule has 4 rings (SSSR count). The fourth-order valence-corrected chi connectivity index (χ4v) is 5.51. The van der Waals surface area contributed by atoms with Gasteiger partial charge >= 0.3 is 0 Å². The molecule has 1 N–H and O–H groups in total. The molecule has 1 aliphatic heterocycles. The Morgan fingerprint density at radius 3 is 2.39 bits per heavy atom. The molecule has 33 heavy (non-hydrogen) atoms. The molecule has 0 aliphatic carbocycles. The highest BCUT2D eigenvalue weighted by Crippen LogP contribution is 2.26. The van der Waals surface area contributed by atoms with Crippen molar-refractivity contribution < 1.29 is 0 Å². The van der Waals surface area contributed by atoms with Crippen molar-refractivity contribution in [3.05, 3.63) is 62.9 Å². The average molecular weight is 502 g/mol. The van der Waals surface area contributed by atoms with Gasteiger partial charge in [0.25, 0.3) is 0 Å². The van der Waals surface area contributed by atoms with Gasteiger partial charge in [0.05, 0.1) is 16.9 Å². The van der Waals surface area contributed by atoms with Crippen molar-refractivity contribution >= 4 is 40.7 Å². The first kappa shape index (κ1) is 25.7. The van der Waals surface area contributed by atoms with E-state index in [1.165, 1.54) is 22.3 Å². The Labute approximate surface area is 211 Å². The maximum absolute atomic E-state index is 8.00. The number of nitrogens with one attached hydrogen (secondary N) is 1. The van der Waals surface area contributed by atoms with Gasteiger partial charge in [0, 0.05) is 42.3 Å². The first-order chi connectivity index (χ1) is 15.2. The van der Waals surface area contributed by atoms with Gasteiger partial charge in [-0.15, -0.1) is 23.7 Å². The normalized spacial score (nSPS) is 14.0. The van der Waals surface area contributed by atoms with Crippen molar-refractivity contribution in [1.82, 2.24) is 19.9 Å². The minimum Gasteiger partial charge on any atom is -0.350 e. The zero-order valence-electron chi connectivity index (χ0n) is 19.9. The molecule has 5 nitrogen and oxygen atoms in total. The number of thiazole rings is 1. The van der Waals surface area contributed by atoms with E-state index in [4.69, 9.17) is 10.4 Å². The number of rotatable bonds is 6. The topological polar surface area (TPSA) is 65.8 Å². The Morgan fingerprint density at radius 1 is 1.03 bits per heavy atom. The maximum atomic E-state index is 8.00. The van der Waals surface area contributed by atoms with Crippen LogP contribution in [-0.2, 0) is 18.3 Å². The van der Waals surface area contributed by atoms with Crippen LogP contribution in [0.25, 0.3) is 11.4 Å². The first-order valence-electron chi connectivity index (χ1n) is 11.0. The summed E-state index contributed by atoms with van der Waals surface area (Å²) in [5, 5.41) is 11.9. The van der Waals surface area contributed by atoms with Crippen LogP contribution in [0.5, 0.6) is 0 Å². The average Bonchev–Trinajstić information content (AvgIpc) is 3.38. The second-order valence-corrected chi connectivity index (χ2v) is 11.5. The summed E-state index contributed by atoms with van der Waals surface area (Å²) in [7, 11) is 0. The van der Waals surface area contributed by atoms with Crippen LogP contribution in [0.1, 0.15) is 53.7 Å². The SMILES string of the molecule is Cc1cc(Cc2nc(-c3cnc(C(C)(C)C)cn3)cs2)c(C)cc1CCN1CCSC1=N.Cl. The number of benzene rings is 1. The van der Waals surface area contributed by atoms with Crippen molar-refractivity contribution in [2.75, 3.05) is 18.8 Å². The molecule has 176 valence electrons. The van der Waals surface area contributed by atoms with Gasteiger partial charge in [0.2, 0.25) is 0 Å². The Hall–Kier alpha value is -1.96. The highest BCUT2D eigenvalue weighted by Gasteiger charge is 2.18. The summed E-state index contributed by atoms with van der Waals surface area (Å²) in [6.45, 7) is 12.7. The number of halogens is 1. The summed E-state index contributed by atoms with van der Waals surface area (Å²) < 4.78 is 0. The minimum atomic E-state index is -0.00446. The molecule has 3 aromatic rings. The molecular formula is C25H32ClN5S2. The van der Waals surface area contributed by atoms with Crippen LogP contribution in [0.2, 0.25) is 0 Å². The van der Waals surface area contributed by atoms with Gasteiger partial charge in [-0.1, -0.05) is 44.7 Å². The molecule has 2 aromatic heterocycles. The highest BCUT2D eigenvalue weighted by atomic mass is 35.5. The van der Waals surface area contributed by atoms with Gasteiger partial charge in [0.1, 0.15) is 11.4 Å². The third kappa shape index (κ3) is 6.14. The van der Waals surface area contributed by atoms with E-state index in [1.54, 1.807) is 23.1 Å².